The highest BCUT2D eigenvalue weighted by atomic mass is 127. The van der Waals surface area contributed by atoms with Crippen molar-refractivity contribution >= 4 is 28.6 Å². The summed E-state index contributed by atoms with van der Waals surface area (Å²) in [4.78, 5) is 11.6. The zero-order valence-electron chi connectivity index (χ0n) is 10.1. The van der Waals surface area contributed by atoms with Crippen LogP contribution in [0.4, 0.5) is 0 Å². The Morgan fingerprint density at radius 2 is 1.75 bits per heavy atom. The van der Waals surface area contributed by atoms with E-state index in [4.69, 9.17) is 4.74 Å². The van der Waals surface area contributed by atoms with E-state index in [1.807, 2.05) is 31.2 Å². The number of halogens is 1. The van der Waals surface area contributed by atoms with Crippen LogP contribution in [0.25, 0.3) is 0 Å². The minimum atomic E-state index is -0.262. The first kappa shape index (κ1) is 13.5. The number of benzene rings is 1. The number of carbonyl (C=O) groups excluding carboxylic acids is 1. The van der Waals surface area contributed by atoms with Gasteiger partial charge in [0.25, 0.3) is 0 Å². The van der Waals surface area contributed by atoms with Crippen molar-refractivity contribution in [3.63, 3.8) is 0 Å². The lowest BCUT2D eigenvalue weighted by molar-refractivity contribution is 0.0502. The predicted octanol–water partition coefficient (Wildman–Crippen LogP) is 3.92. The molecule has 0 spiro atoms. The molecule has 1 unspecified atom stereocenters. The van der Waals surface area contributed by atoms with Crippen LogP contribution >= 0.6 is 22.6 Å². The molecule has 0 fully saturated rings. The average molecular weight is 332 g/mol. The lowest BCUT2D eigenvalue weighted by Crippen LogP contribution is -2.13. The highest BCUT2D eigenvalue weighted by molar-refractivity contribution is 14.1. The molecular formula is C13H17IO2. The Hall–Kier alpha value is -0.580. The molecule has 1 aromatic rings. The molecule has 0 heterocycles. The number of hydrogen-bond donors (Lipinski definition) is 0. The normalized spacial score (nSPS) is 13.3. The van der Waals surface area contributed by atoms with Crippen LogP contribution in [0.2, 0.25) is 0 Å². The second-order valence-corrected chi connectivity index (χ2v) is 6.53. The van der Waals surface area contributed by atoms with Gasteiger partial charge in [-0.1, -0.05) is 32.9 Å². The summed E-state index contributed by atoms with van der Waals surface area (Å²) < 4.78 is 5.01. The molecule has 2 nitrogen and oxygen atoms in total. The fourth-order valence-electron chi connectivity index (χ4n) is 1.32. The van der Waals surface area contributed by atoms with Gasteiger partial charge in [0, 0.05) is 0 Å². The molecule has 0 aromatic heterocycles. The monoisotopic (exact) mass is 332 g/mol. The van der Waals surface area contributed by atoms with Gasteiger partial charge in [-0.2, -0.15) is 0 Å². The molecule has 0 saturated heterocycles. The number of carbonyl (C=O) groups is 1. The standard InChI is InChI=1S/C13H17IO2/c1-9(14)16-12(15)10-5-7-11(8-6-10)13(2,3)4/h5-9H,1-4H3. The van der Waals surface area contributed by atoms with Gasteiger partial charge in [0.1, 0.15) is 4.11 Å². The summed E-state index contributed by atoms with van der Waals surface area (Å²) in [5, 5.41) is 0. The molecule has 3 heteroatoms. The Balaban J connectivity index is 2.83. The van der Waals surface area contributed by atoms with Gasteiger partial charge in [-0.25, -0.2) is 4.79 Å². The maximum absolute atomic E-state index is 11.6. The summed E-state index contributed by atoms with van der Waals surface area (Å²) in [6, 6.07) is 7.60. The van der Waals surface area contributed by atoms with Crippen molar-refractivity contribution in [2.75, 3.05) is 0 Å². The smallest absolute Gasteiger partial charge is 0.339 e. The topological polar surface area (TPSA) is 26.3 Å². The fourth-order valence-corrected chi connectivity index (χ4v) is 1.55. The van der Waals surface area contributed by atoms with E-state index < -0.39 is 0 Å². The number of rotatable bonds is 2. The van der Waals surface area contributed by atoms with E-state index in [0.29, 0.717) is 5.56 Å². The Bertz CT molecular complexity index is 361. The van der Waals surface area contributed by atoms with Gasteiger partial charge in [0.2, 0.25) is 0 Å². The zero-order chi connectivity index (χ0) is 12.3. The highest BCUT2D eigenvalue weighted by Gasteiger charge is 2.15. The van der Waals surface area contributed by atoms with Gasteiger partial charge >= 0.3 is 5.97 Å². The van der Waals surface area contributed by atoms with Crippen LogP contribution in [0.5, 0.6) is 0 Å². The Morgan fingerprint density at radius 3 is 2.12 bits per heavy atom. The molecule has 1 aromatic carbocycles. The fraction of sp³-hybridized carbons (Fsp3) is 0.462. The summed E-state index contributed by atoms with van der Waals surface area (Å²) in [6.07, 6.45) is 0. The van der Waals surface area contributed by atoms with Crippen LogP contribution in [-0.4, -0.2) is 10.1 Å². The van der Waals surface area contributed by atoms with Gasteiger partial charge in [-0.3, -0.25) is 0 Å². The maximum atomic E-state index is 11.6. The third kappa shape index (κ3) is 3.77. The molecule has 1 rings (SSSR count). The van der Waals surface area contributed by atoms with Crippen molar-refractivity contribution < 1.29 is 9.53 Å². The second-order valence-electron chi connectivity index (χ2n) is 4.78. The summed E-state index contributed by atoms with van der Waals surface area (Å²) in [5.41, 5.74) is 1.93. The summed E-state index contributed by atoms with van der Waals surface area (Å²) in [6.45, 7) is 8.27. The Morgan fingerprint density at radius 1 is 1.25 bits per heavy atom. The van der Waals surface area contributed by atoms with Gasteiger partial charge < -0.3 is 4.74 Å². The molecule has 0 aliphatic rings. The zero-order valence-corrected chi connectivity index (χ0v) is 12.2. The highest BCUT2D eigenvalue weighted by Crippen LogP contribution is 2.22. The number of esters is 1. The van der Waals surface area contributed by atoms with Gasteiger partial charge in [-0.15, -0.1) is 0 Å². The summed E-state index contributed by atoms with van der Waals surface area (Å²) in [7, 11) is 0. The molecule has 88 valence electrons. The van der Waals surface area contributed by atoms with Crippen LogP contribution in [0, 0.1) is 0 Å². The van der Waals surface area contributed by atoms with E-state index in [1.165, 1.54) is 5.56 Å². The van der Waals surface area contributed by atoms with E-state index in [9.17, 15) is 4.79 Å². The third-order valence-corrected chi connectivity index (χ3v) is 2.51. The summed E-state index contributed by atoms with van der Waals surface area (Å²) in [5.74, 6) is -0.262. The Kier molecular flexibility index (Phi) is 4.35. The SMILES string of the molecule is CC(I)OC(=O)c1ccc(C(C)(C)C)cc1. The van der Waals surface area contributed by atoms with Crippen LogP contribution in [0.15, 0.2) is 24.3 Å². The van der Waals surface area contributed by atoms with E-state index in [2.05, 4.69) is 43.4 Å². The van der Waals surface area contributed by atoms with Gasteiger partial charge in [-0.05, 0) is 52.6 Å². The molecule has 0 radical (unpaired) electrons. The maximum Gasteiger partial charge on any atom is 0.339 e. The average Bonchev–Trinajstić information content (AvgIpc) is 2.15. The molecule has 16 heavy (non-hydrogen) atoms. The molecule has 0 amide bonds. The van der Waals surface area contributed by atoms with E-state index in [1.54, 1.807) is 0 Å². The molecule has 0 bridgehead atoms. The molecule has 0 aliphatic carbocycles. The van der Waals surface area contributed by atoms with Crippen molar-refractivity contribution in [3.05, 3.63) is 35.4 Å². The van der Waals surface area contributed by atoms with Gasteiger partial charge in [0.15, 0.2) is 0 Å². The largest absolute Gasteiger partial charge is 0.448 e. The van der Waals surface area contributed by atoms with Crippen molar-refractivity contribution in [2.24, 2.45) is 0 Å². The van der Waals surface area contributed by atoms with Crippen LogP contribution in [0.3, 0.4) is 0 Å². The Labute approximate surface area is 111 Å². The lowest BCUT2D eigenvalue weighted by atomic mass is 9.87. The van der Waals surface area contributed by atoms with Crippen molar-refractivity contribution in [3.8, 4) is 0 Å². The second kappa shape index (κ2) is 5.17. The minimum Gasteiger partial charge on any atom is -0.448 e. The quantitative estimate of drug-likeness (QED) is 0.466. The third-order valence-electron chi connectivity index (χ3n) is 2.26. The van der Waals surface area contributed by atoms with E-state index in [0.717, 1.165) is 0 Å². The summed E-state index contributed by atoms with van der Waals surface area (Å²) >= 11 is 2.06. The molecule has 0 N–H and O–H groups in total. The van der Waals surface area contributed by atoms with Crippen LogP contribution < -0.4 is 0 Å². The van der Waals surface area contributed by atoms with E-state index >= 15 is 0 Å². The minimum absolute atomic E-state index is 0.104. The lowest BCUT2D eigenvalue weighted by Gasteiger charge is -2.19. The predicted molar refractivity (Wildman–Crippen MR) is 74.0 cm³/mol. The number of alkyl halides is 1. The molecule has 0 saturated carbocycles. The molecule has 0 aliphatic heterocycles. The molecular weight excluding hydrogens is 315 g/mol. The first-order valence-electron chi connectivity index (χ1n) is 5.26. The first-order chi connectivity index (χ1) is 7.30. The van der Waals surface area contributed by atoms with Crippen molar-refractivity contribution in [1.29, 1.82) is 0 Å². The van der Waals surface area contributed by atoms with Crippen molar-refractivity contribution in [2.45, 2.75) is 37.2 Å². The first-order valence-corrected chi connectivity index (χ1v) is 6.51. The van der Waals surface area contributed by atoms with Crippen LogP contribution in [-0.2, 0) is 10.2 Å². The van der Waals surface area contributed by atoms with E-state index in [-0.39, 0.29) is 15.5 Å². The number of hydrogen-bond acceptors (Lipinski definition) is 2. The van der Waals surface area contributed by atoms with Crippen molar-refractivity contribution in [1.82, 2.24) is 0 Å². The van der Waals surface area contributed by atoms with Gasteiger partial charge in [0.05, 0.1) is 5.56 Å². The number of ether oxygens (including phenoxy) is 1. The molecule has 1 atom stereocenters. The van der Waals surface area contributed by atoms with Crippen LogP contribution in [0.1, 0.15) is 43.6 Å².